The lowest BCUT2D eigenvalue weighted by molar-refractivity contribution is 0.941. The molecule has 0 atom stereocenters. The van der Waals surface area contributed by atoms with Crippen LogP contribution in [-0.4, -0.2) is 17.2 Å². The van der Waals surface area contributed by atoms with E-state index in [4.69, 9.17) is 0 Å². The number of benzene rings is 1. The summed E-state index contributed by atoms with van der Waals surface area (Å²) in [6.07, 6.45) is 2.85. The molecule has 0 fully saturated rings. The number of aliphatic imine (C=N–C) groups is 1. The molecule has 0 aliphatic carbocycles. The SMILES string of the molecule is c1ccc(C2=NCCc3ccccc32)nc1. The summed E-state index contributed by atoms with van der Waals surface area (Å²) in [7, 11) is 0. The van der Waals surface area contributed by atoms with E-state index in [-0.39, 0.29) is 0 Å². The molecule has 2 nitrogen and oxygen atoms in total. The van der Waals surface area contributed by atoms with Gasteiger partial charge < -0.3 is 0 Å². The van der Waals surface area contributed by atoms with Crippen LogP contribution in [-0.2, 0) is 6.42 Å². The second-order valence-electron chi connectivity index (χ2n) is 3.85. The summed E-state index contributed by atoms with van der Waals surface area (Å²) >= 11 is 0. The van der Waals surface area contributed by atoms with E-state index >= 15 is 0 Å². The van der Waals surface area contributed by atoms with E-state index in [1.165, 1.54) is 11.1 Å². The van der Waals surface area contributed by atoms with Crippen LogP contribution in [0.2, 0.25) is 0 Å². The van der Waals surface area contributed by atoms with E-state index in [1.807, 2.05) is 24.4 Å². The summed E-state index contributed by atoms with van der Waals surface area (Å²) in [6.45, 7) is 0.864. The number of hydrogen-bond donors (Lipinski definition) is 0. The summed E-state index contributed by atoms with van der Waals surface area (Å²) in [6, 6.07) is 14.4. The van der Waals surface area contributed by atoms with Gasteiger partial charge in [0.05, 0.1) is 11.4 Å². The van der Waals surface area contributed by atoms with E-state index in [0.29, 0.717) is 0 Å². The third-order valence-electron chi connectivity index (χ3n) is 2.83. The highest BCUT2D eigenvalue weighted by atomic mass is 14.8. The number of fused-ring (bicyclic) bond motifs is 1. The first kappa shape index (κ1) is 9.28. The molecule has 1 aliphatic rings. The molecule has 2 heteroatoms. The molecule has 1 aromatic carbocycles. The van der Waals surface area contributed by atoms with Crippen molar-refractivity contribution in [2.75, 3.05) is 6.54 Å². The number of aromatic nitrogens is 1. The maximum atomic E-state index is 4.60. The molecule has 3 rings (SSSR count). The highest BCUT2D eigenvalue weighted by Gasteiger charge is 2.15. The molecule has 0 saturated carbocycles. The van der Waals surface area contributed by atoms with Gasteiger partial charge in [-0.25, -0.2) is 0 Å². The zero-order valence-corrected chi connectivity index (χ0v) is 8.93. The van der Waals surface area contributed by atoms with Crippen molar-refractivity contribution in [2.24, 2.45) is 4.99 Å². The summed E-state index contributed by atoms with van der Waals surface area (Å²) in [5.74, 6) is 0. The predicted octanol–water partition coefficient (Wildman–Crippen LogP) is 2.48. The summed E-state index contributed by atoms with van der Waals surface area (Å²) in [5, 5.41) is 0. The fourth-order valence-corrected chi connectivity index (χ4v) is 2.06. The van der Waals surface area contributed by atoms with Gasteiger partial charge in [0, 0.05) is 18.3 Å². The van der Waals surface area contributed by atoms with Crippen molar-refractivity contribution in [1.82, 2.24) is 4.98 Å². The Labute approximate surface area is 94.7 Å². The maximum Gasteiger partial charge on any atom is 0.0905 e. The van der Waals surface area contributed by atoms with Gasteiger partial charge in [0.2, 0.25) is 0 Å². The van der Waals surface area contributed by atoms with E-state index in [0.717, 1.165) is 24.4 Å². The molecule has 1 aromatic heterocycles. The van der Waals surface area contributed by atoms with E-state index in [9.17, 15) is 0 Å². The van der Waals surface area contributed by atoms with Gasteiger partial charge in [-0.15, -0.1) is 0 Å². The molecule has 0 spiro atoms. The van der Waals surface area contributed by atoms with Gasteiger partial charge in [-0.2, -0.15) is 0 Å². The van der Waals surface area contributed by atoms with E-state index in [1.54, 1.807) is 0 Å². The van der Waals surface area contributed by atoms with Crippen LogP contribution in [0, 0.1) is 0 Å². The van der Waals surface area contributed by atoms with Crippen molar-refractivity contribution in [3.8, 4) is 0 Å². The van der Waals surface area contributed by atoms with Crippen LogP contribution in [0.25, 0.3) is 0 Å². The summed E-state index contributed by atoms with van der Waals surface area (Å²) < 4.78 is 0. The highest BCUT2D eigenvalue weighted by Crippen LogP contribution is 2.18. The Morgan fingerprint density at radius 2 is 1.81 bits per heavy atom. The molecule has 78 valence electrons. The van der Waals surface area contributed by atoms with Crippen molar-refractivity contribution < 1.29 is 0 Å². The molecule has 0 bridgehead atoms. The molecule has 2 aromatic rings. The topological polar surface area (TPSA) is 25.2 Å². The summed E-state index contributed by atoms with van der Waals surface area (Å²) in [4.78, 5) is 8.97. The van der Waals surface area contributed by atoms with Gasteiger partial charge in [0.15, 0.2) is 0 Å². The molecular weight excluding hydrogens is 196 g/mol. The molecule has 2 heterocycles. The quantitative estimate of drug-likeness (QED) is 0.706. The van der Waals surface area contributed by atoms with Crippen molar-refractivity contribution in [3.63, 3.8) is 0 Å². The lowest BCUT2D eigenvalue weighted by atomic mass is 9.96. The van der Waals surface area contributed by atoms with Crippen LogP contribution in [0.1, 0.15) is 16.8 Å². The van der Waals surface area contributed by atoms with Gasteiger partial charge in [-0.3, -0.25) is 9.98 Å². The number of pyridine rings is 1. The minimum Gasteiger partial charge on any atom is -0.282 e. The van der Waals surface area contributed by atoms with Crippen molar-refractivity contribution in [1.29, 1.82) is 0 Å². The average molecular weight is 208 g/mol. The predicted molar refractivity (Wildman–Crippen MR) is 64.9 cm³/mol. The first-order chi connectivity index (χ1) is 7.95. The van der Waals surface area contributed by atoms with Gasteiger partial charge in [0.25, 0.3) is 0 Å². The van der Waals surface area contributed by atoms with Gasteiger partial charge in [-0.05, 0) is 24.1 Å². The molecule has 1 aliphatic heterocycles. The lowest BCUT2D eigenvalue weighted by Gasteiger charge is -2.15. The molecular formula is C14H12N2. The van der Waals surface area contributed by atoms with Crippen LogP contribution in [0.15, 0.2) is 53.7 Å². The van der Waals surface area contributed by atoms with Crippen molar-refractivity contribution in [2.45, 2.75) is 6.42 Å². The second-order valence-corrected chi connectivity index (χ2v) is 3.85. The minimum atomic E-state index is 0.864. The fourth-order valence-electron chi connectivity index (χ4n) is 2.06. The van der Waals surface area contributed by atoms with Crippen LogP contribution in [0.4, 0.5) is 0 Å². The fraction of sp³-hybridized carbons (Fsp3) is 0.143. The van der Waals surface area contributed by atoms with Crippen molar-refractivity contribution >= 4 is 5.71 Å². The highest BCUT2D eigenvalue weighted by molar-refractivity contribution is 6.13. The van der Waals surface area contributed by atoms with Crippen LogP contribution in [0.3, 0.4) is 0 Å². The van der Waals surface area contributed by atoms with Gasteiger partial charge in [-0.1, -0.05) is 30.3 Å². The van der Waals surface area contributed by atoms with E-state index in [2.05, 4.69) is 34.2 Å². The largest absolute Gasteiger partial charge is 0.282 e. The Kier molecular flexibility index (Phi) is 2.26. The number of rotatable bonds is 1. The normalized spacial score (nSPS) is 14.1. The molecule has 0 radical (unpaired) electrons. The second kappa shape index (κ2) is 3.89. The molecule has 16 heavy (non-hydrogen) atoms. The first-order valence-corrected chi connectivity index (χ1v) is 5.49. The van der Waals surface area contributed by atoms with Crippen LogP contribution >= 0.6 is 0 Å². The smallest absolute Gasteiger partial charge is 0.0905 e. The number of hydrogen-bond acceptors (Lipinski definition) is 2. The number of nitrogens with zero attached hydrogens (tertiary/aromatic N) is 2. The Bertz CT molecular complexity index is 529. The monoisotopic (exact) mass is 208 g/mol. The zero-order valence-electron chi connectivity index (χ0n) is 8.93. The van der Waals surface area contributed by atoms with Gasteiger partial charge >= 0.3 is 0 Å². The minimum absolute atomic E-state index is 0.864. The Morgan fingerprint density at radius 1 is 0.938 bits per heavy atom. The molecule has 0 saturated heterocycles. The molecule has 0 amide bonds. The summed E-state index contributed by atoms with van der Waals surface area (Å²) in [5.41, 5.74) is 4.60. The Hall–Kier alpha value is -1.96. The lowest BCUT2D eigenvalue weighted by Crippen LogP contribution is -2.14. The van der Waals surface area contributed by atoms with E-state index < -0.39 is 0 Å². The average Bonchev–Trinajstić information content (AvgIpc) is 2.39. The van der Waals surface area contributed by atoms with Crippen LogP contribution < -0.4 is 0 Å². The van der Waals surface area contributed by atoms with Crippen LogP contribution in [0.5, 0.6) is 0 Å². The first-order valence-electron chi connectivity index (χ1n) is 5.49. The van der Waals surface area contributed by atoms with Gasteiger partial charge in [0.1, 0.15) is 0 Å². The third-order valence-corrected chi connectivity index (χ3v) is 2.83. The maximum absolute atomic E-state index is 4.60. The Balaban J connectivity index is 2.13. The zero-order chi connectivity index (χ0) is 10.8. The third kappa shape index (κ3) is 1.52. The Morgan fingerprint density at radius 3 is 2.69 bits per heavy atom. The molecule has 0 unspecified atom stereocenters. The molecule has 0 N–H and O–H groups in total. The van der Waals surface area contributed by atoms with Crippen molar-refractivity contribution in [3.05, 3.63) is 65.5 Å². The standard InChI is InChI=1S/C14H12N2/c1-2-6-12-11(5-1)8-10-16-14(12)13-7-3-4-9-15-13/h1-7,9H,8,10H2.